The zero-order valence-corrected chi connectivity index (χ0v) is 8.92. The molecule has 0 saturated heterocycles. The van der Waals surface area contributed by atoms with Crippen molar-refractivity contribution in [2.75, 3.05) is 6.54 Å². The molecule has 0 heterocycles. The van der Waals surface area contributed by atoms with Gasteiger partial charge in [-0.05, 0) is 38.6 Å². The van der Waals surface area contributed by atoms with Crippen LogP contribution < -0.4 is 5.32 Å². The number of hydrogen-bond acceptors (Lipinski definition) is 2. The minimum atomic E-state index is -0.161. The first-order chi connectivity index (χ1) is 6.20. The van der Waals surface area contributed by atoms with Gasteiger partial charge >= 0.3 is 0 Å². The molecule has 0 aliphatic heterocycles. The molecule has 1 aliphatic carbocycles. The van der Waals surface area contributed by atoms with Gasteiger partial charge < -0.3 is 10.4 Å². The van der Waals surface area contributed by atoms with Crippen molar-refractivity contribution in [2.24, 2.45) is 5.92 Å². The van der Waals surface area contributed by atoms with E-state index in [0.29, 0.717) is 6.04 Å². The van der Waals surface area contributed by atoms with Crippen molar-refractivity contribution in [3.05, 3.63) is 0 Å². The second kappa shape index (κ2) is 5.61. The van der Waals surface area contributed by atoms with Gasteiger partial charge in [0.2, 0.25) is 0 Å². The van der Waals surface area contributed by atoms with Gasteiger partial charge in [-0.1, -0.05) is 19.8 Å². The third-order valence-electron chi connectivity index (χ3n) is 3.08. The first-order valence-electron chi connectivity index (χ1n) is 5.61. The van der Waals surface area contributed by atoms with Crippen LogP contribution >= 0.6 is 0 Å². The maximum absolute atomic E-state index is 9.11. The average Bonchev–Trinajstić information content (AvgIpc) is 2.08. The van der Waals surface area contributed by atoms with E-state index >= 15 is 0 Å². The van der Waals surface area contributed by atoms with Gasteiger partial charge in [0.25, 0.3) is 0 Å². The normalized spacial score (nSPS) is 31.6. The molecule has 0 aromatic carbocycles. The Morgan fingerprint density at radius 1 is 1.38 bits per heavy atom. The van der Waals surface area contributed by atoms with Crippen LogP contribution in [0, 0.1) is 5.92 Å². The molecule has 2 nitrogen and oxygen atoms in total. The van der Waals surface area contributed by atoms with E-state index in [1.807, 2.05) is 6.92 Å². The maximum Gasteiger partial charge on any atom is 0.0524 e. The van der Waals surface area contributed by atoms with Crippen LogP contribution in [0.3, 0.4) is 0 Å². The average molecular weight is 185 g/mol. The van der Waals surface area contributed by atoms with Crippen LogP contribution in [0.15, 0.2) is 0 Å². The summed E-state index contributed by atoms with van der Waals surface area (Å²) in [4.78, 5) is 0. The Hall–Kier alpha value is -0.0800. The van der Waals surface area contributed by atoms with Crippen LogP contribution in [-0.2, 0) is 0 Å². The molecule has 0 radical (unpaired) electrons. The third-order valence-corrected chi connectivity index (χ3v) is 3.08. The standard InChI is InChI=1S/C11H23NO/c1-9-5-3-4-6-11(9)12-8-7-10(2)13/h9-13H,3-8H2,1-2H3/t9-,10+,11-/m0/s1. The molecule has 3 atom stereocenters. The molecule has 78 valence electrons. The van der Waals surface area contributed by atoms with Crippen molar-refractivity contribution in [2.45, 2.75) is 58.1 Å². The minimum absolute atomic E-state index is 0.161. The molecule has 1 rings (SSSR count). The van der Waals surface area contributed by atoms with Crippen LogP contribution in [0.5, 0.6) is 0 Å². The number of aliphatic hydroxyl groups excluding tert-OH is 1. The zero-order valence-electron chi connectivity index (χ0n) is 8.92. The summed E-state index contributed by atoms with van der Waals surface area (Å²) in [5, 5.41) is 12.7. The Labute approximate surface area is 81.7 Å². The van der Waals surface area contributed by atoms with Gasteiger partial charge in [0.05, 0.1) is 6.10 Å². The first-order valence-corrected chi connectivity index (χ1v) is 5.61. The summed E-state index contributed by atoms with van der Waals surface area (Å²) in [6.07, 6.45) is 6.18. The van der Waals surface area contributed by atoms with E-state index < -0.39 is 0 Å². The Morgan fingerprint density at radius 2 is 2.08 bits per heavy atom. The van der Waals surface area contributed by atoms with Crippen molar-refractivity contribution in [3.8, 4) is 0 Å². The van der Waals surface area contributed by atoms with E-state index in [0.717, 1.165) is 18.9 Å². The van der Waals surface area contributed by atoms with Gasteiger partial charge in [0.15, 0.2) is 0 Å². The molecular weight excluding hydrogens is 162 g/mol. The van der Waals surface area contributed by atoms with Gasteiger partial charge in [0, 0.05) is 6.04 Å². The highest BCUT2D eigenvalue weighted by atomic mass is 16.3. The molecule has 2 heteroatoms. The lowest BCUT2D eigenvalue weighted by Gasteiger charge is -2.29. The summed E-state index contributed by atoms with van der Waals surface area (Å²) in [7, 11) is 0. The molecule has 13 heavy (non-hydrogen) atoms. The van der Waals surface area contributed by atoms with E-state index in [1.54, 1.807) is 0 Å². The quantitative estimate of drug-likeness (QED) is 0.701. The Kier molecular flexibility index (Phi) is 4.74. The van der Waals surface area contributed by atoms with Gasteiger partial charge in [-0.2, -0.15) is 0 Å². The van der Waals surface area contributed by atoms with Gasteiger partial charge in [-0.25, -0.2) is 0 Å². The van der Waals surface area contributed by atoms with Crippen LogP contribution in [-0.4, -0.2) is 23.8 Å². The topological polar surface area (TPSA) is 32.3 Å². The molecule has 0 bridgehead atoms. The molecule has 2 N–H and O–H groups in total. The predicted molar refractivity (Wildman–Crippen MR) is 55.7 cm³/mol. The maximum atomic E-state index is 9.11. The second-order valence-electron chi connectivity index (χ2n) is 4.46. The summed E-state index contributed by atoms with van der Waals surface area (Å²) in [5.41, 5.74) is 0. The van der Waals surface area contributed by atoms with E-state index in [9.17, 15) is 0 Å². The minimum Gasteiger partial charge on any atom is -0.393 e. The van der Waals surface area contributed by atoms with E-state index in [-0.39, 0.29) is 6.10 Å². The molecule has 0 spiro atoms. The van der Waals surface area contributed by atoms with Crippen LogP contribution in [0.2, 0.25) is 0 Å². The highest BCUT2D eigenvalue weighted by molar-refractivity contribution is 4.77. The van der Waals surface area contributed by atoms with Crippen molar-refractivity contribution in [1.82, 2.24) is 5.32 Å². The molecule has 1 aliphatic rings. The van der Waals surface area contributed by atoms with E-state index in [1.165, 1.54) is 25.7 Å². The lowest BCUT2D eigenvalue weighted by molar-refractivity contribution is 0.177. The first kappa shape index (κ1) is 11.0. The fraction of sp³-hybridized carbons (Fsp3) is 1.00. The van der Waals surface area contributed by atoms with Gasteiger partial charge in [-0.3, -0.25) is 0 Å². The summed E-state index contributed by atoms with van der Waals surface area (Å²) in [5.74, 6) is 0.822. The summed E-state index contributed by atoms with van der Waals surface area (Å²) < 4.78 is 0. The third kappa shape index (κ3) is 4.10. The summed E-state index contributed by atoms with van der Waals surface area (Å²) >= 11 is 0. The van der Waals surface area contributed by atoms with Crippen LogP contribution in [0.1, 0.15) is 46.0 Å². The van der Waals surface area contributed by atoms with Crippen molar-refractivity contribution >= 4 is 0 Å². The number of rotatable bonds is 4. The Balaban J connectivity index is 2.11. The van der Waals surface area contributed by atoms with Crippen molar-refractivity contribution < 1.29 is 5.11 Å². The molecular formula is C11H23NO. The Bertz CT molecular complexity index is 136. The zero-order chi connectivity index (χ0) is 9.68. The van der Waals surface area contributed by atoms with Gasteiger partial charge in [0.1, 0.15) is 0 Å². The molecule has 1 saturated carbocycles. The fourth-order valence-electron chi connectivity index (χ4n) is 2.10. The Morgan fingerprint density at radius 3 is 2.69 bits per heavy atom. The number of nitrogens with one attached hydrogen (secondary N) is 1. The summed E-state index contributed by atoms with van der Waals surface area (Å²) in [6.45, 7) is 5.15. The molecule has 0 aromatic rings. The molecule has 0 unspecified atom stereocenters. The molecule has 0 aromatic heterocycles. The molecule has 1 fully saturated rings. The highest BCUT2D eigenvalue weighted by Crippen LogP contribution is 2.23. The monoisotopic (exact) mass is 185 g/mol. The highest BCUT2D eigenvalue weighted by Gasteiger charge is 2.20. The molecule has 0 amide bonds. The largest absolute Gasteiger partial charge is 0.393 e. The van der Waals surface area contributed by atoms with Crippen molar-refractivity contribution in [3.63, 3.8) is 0 Å². The lowest BCUT2D eigenvalue weighted by Crippen LogP contribution is -2.38. The van der Waals surface area contributed by atoms with Crippen molar-refractivity contribution in [1.29, 1.82) is 0 Å². The van der Waals surface area contributed by atoms with E-state index in [4.69, 9.17) is 5.11 Å². The van der Waals surface area contributed by atoms with Gasteiger partial charge in [-0.15, -0.1) is 0 Å². The number of aliphatic hydroxyl groups is 1. The summed E-state index contributed by atoms with van der Waals surface area (Å²) in [6, 6.07) is 0.701. The van der Waals surface area contributed by atoms with E-state index in [2.05, 4.69) is 12.2 Å². The van der Waals surface area contributed by atoms with Crippen LogP contribution in [0.25, 0.3) is 0 Å². The SMILES string of the molecule is C[C@@H](O)CCN[C@H]1CCCC[C@@H]1C. The smallest absolute Gasteiger partial charge is 0.0524 e. The lowest BCUT2D eigenvalue weighted by atomic mass is 9.86. The predicted octanol–water partition coefficient (Wildman–Crippen LogP) is 1.93. The fourth-order valence-corrected chi connectivity index (χ4v) is 2.10. The second-order valence-corrected chi connectivity index (χ2v) is 4.46. The van der Waals surface area contributed by atoms with Crippen LogP contribution in [0.4, 0.5) is 0 Å². The number of hydrogen-bond donors (Lipinski definition) is 2.